The Kier molecular flexibility index (Phi) is 4.12. The van der Waals surface area contributed by atoms with Crippen molar-refractivity contribution in [3.05, 3.63) is 29.3 Å². The molecule has 1 aromatic carbocycles. The van der Waals surface area contributed by atoms with Gasteiger partial charge in [0.1, 0.15) is 5.75 Å². The Morgan fingerprint density at radius 2 is 2.10 bits per heavy atom. The molecule has 5 heteroatoms. The lowest BCUT2D eigenvalue weighted by atomic mass is 10.1. The highest BCUT2D eigenvalue weighted by Crippen LogP contribution is 2.35. The Balaban J connectivity index is 1.60. The molecule has 0 bridgehead atoms. The summed E-state index contributed by atoms with van der Waals surface area (Å²) < 4.78 is 5.78. The van der Waals surface area contributed by atoms with Crippen molar-refractivity contribution in [1.82, 2.24) is 9.80 Å². The van der Waals surface area contributed by atoms with Gasteiger partial charge in [0.2, 0.25) is 0 Å². The van der Waals surface area contributed by atoms with Gasteiger partial charge in [0.05, 0.1) is 0 Å². The minimum Gasteiger partial charge on any atom is -0.483 e. The van der Waals surface area contributed by atoms with Gasteiger partial charge in [-0.05, 0) is 37.1 Å². The summed E-state index contributed by atoms with van der Waals surface area (Å²) in [7, 11) is 2.08. The summed E-state index contributed by atoms with van der Waals surface area (Å²) in [5.74, 6) is 0.894. The van der Waals surface area contributed by atoms with Crippen molar-refractivity contribution < 1.29 is 9.53 Å². The number of nitrogens with zero attached hydrogens (tertiary/aromatic N) is 2. The van der Waals surface area contributed by atoms with E-state index >= 15 is 0 Å². The number of amides is 1. The quantitative estimate of drug-likeness (QED) is 0.893. The summed E-state index contributed by atoms with van der Waals surface area (Å²) in [4.78, 5) is 16.3. The first-order valence-corrected chi connectivity index (χ1v) is 7.61. The van der Waals surface area contributed by atoms with Crippen LogP contribution in [0.4, 0.5) is 0 Å². The van der Waals surface area contributed by atoms with E-state index in [1.54, 1.807) is 0 Å². The second-order valence-corrected chi connectivity index (χ2v) is 5.94. The molecule has 0 aromatic heterocycles. The van der Waals surface area contributed by atoms with Crippen LogP contribution in [0.2, 0.25) is 0 Å². The van der Waals surface area contributed by atoms with Gasteiger partial charge in [0.25, 0.3) is 5.91 Å². The lowest BCUT2D eigenvalue weighted by Crippen LogP contribution is -2.48. The molecule has 0 saturated carbocycles. The zero-order chi connectivity index (χ0) is 14.8. The average Bonchev–Trinajstić information content (AvgIpc) is 2.88. The first kappa shape index (κ1) is 14.4. The van der Waals surface area contributed by atoms with Crippen LogP contribution in [0, 0.1) is 0 Å². The molecule has 0 radical (unpaired) electrons. The van der Waals surface area contributed by atoms with Crippen LogP contribution in [0.15, 0.2) is 18.2 Å². The van der Waals surface area contributed by atoms with Crippen LogP contribution in [0.5, 0.6) is 5.75 Å². The number of hydrogen-bond donors (Lipinski definition) is 1. The van der Waals surface area contributed by atoms with E-state index in [0.29, 0.717) is 0 Å². The Morgan fingerprint density at radius 3 is 2.86 bits per heavy atom. The summed E-state index contributed by atoms with van der Waals surface area (Å²) in [6, 6.07) is 6.06. The van der Waals surface area contributed by atoms with Gasteiger partial charge in [-0.25, -0.2) is 0 Å². The van der Waals surface area contributed by atoms with E-state index in [9.17, 15) is 4.79 Å². The second kappa shape index (κ2) is 6.03. The van der Waals surface area contributed by atoms with Gasteiger partial charge in [0.15, 0.2) is 6.61 Å². The summed E-state index contributed by atoms with van der Waals surface area (Å²) in [6.45, 7) is 3.56. The van der Waals surface area contributed by atoms with E-state index in [1.165, 1.54) is 11.1 Å². The molecule has 3 rings (SSSR count). The molecule has 1 unspecified atom stereocenters. The number of carbonyl (C=O) groups is 1. The molecular formula is C16H23N3O2. The number of fused-ring (bicyclic) bond motifs is 1. The number of piperazine rings is 1. The van der Waals surface area contributed by atoms with Crippen molar-refractivity contribution in [3.8, 4) is 5.75 Å². The number of hydrogen-bond acceptors (Lipinski definition) is 4. The predicted molar refractivity (Wildman–Crippen MR) is 81.3 cm³/mol. The number of rotatable bonds is 3. The Bertz CT molecular complexity index is 524. The first-order valence-electron chi connectivity index (χ1n) is 7.61. The van der Waals surface area contributed by atoms with Crippen LogP contribution in [-0.2, 0) is 11.2 Å². The van der Waals surface area contributed by atoms with Gasteiger partial charge < -0.3 is 20.3 Å². The smallest absolute Gasteiger partial charge is 0.260 e. The van der Waals surface area contributed by atoms with E-state index < -0.39 is 0 Å². The highest BCUT2D eigenvalue weighted by atomic mass is 16.5. The zero-order valence-electron chi connectivity index (χ0n) is 12.5. The van der Waals surface area contributed by atoms with Crippen LogP contribution in [0.3, 0.4) is 0 Å². The number of benzene rings is 1. The molecule has 1 atom stereocenters. The van der Waals surface area contributed by atoms with Gasteiger partial charge in [-0.3, -0.25) is 4.79 Å². The van der Waals surface area contributed by atoms with Crippen LogP contribution in [0.1, 0.15) is 23.6 Å². The molecule has 2 N–H and O–H groups in total. The summed E-state index contributed by atoms with van der Waals surface area (Å²) in [5.41, 5.74) is 8.41. The highest BCUT2D eigenvalue weighted by Gasteiger charge is 2.23. The van der Waals surface area contributed by atoms with Crippen LogP contribution in [-0.4, -0.2) is 55.5 Å². The molecule has 1 aliphatic heterocycles. The third-order valence-electron chi connectivity index (χ3n) is 4.48. The zero-order valence-corrected chi connectivity index (χ0v) is 12.5. The monoisotopic (exact) mass is 289 g/mol. The molecule has 1 saturated heterocycles. The Labute approximate surface area is 125 Å². The van der Waals surface area contributed by atoms with Crippen LogP contribution in [0.25, 0.3) is 0 Å². The van der Waals surface area contributed by atoms with E-state index in [1.807, 2.05) is 17.0 Å². The molecule has 1 amide bonds. The third-order valence-corrected chi connectivity index (χ3v) is 4.48. The van der Waals surface area contributed by atoms with Crippen molar-refractivity contribution in [2.75, 3.05) is 39.8 Å². The molecule has 1 heterocycles. The van der Waals surface area contributed by atoms with E-state index in [4.69, 9.17) is 10.5 Å². The lowest BCUT2D eigenvalue weighted by molar-refractivity contribution is -0.134. The summed E-state index contributed by atoms with van der Waals surface area (Å²) in [6.07, 6.45) is 1.90. The standard InChI is InChI=1S/C16H23N3O2/c1-18-7-9-19(10-8-18)16(20)11-21-15-4-2-3-12-13(15)5-6-14(12)17/h2-4,14H,5-11,17H2,1H3. The summed E-state index contributed by atoms with van der Waals surface area (Å²) >= 11 is 0. The van der Waals surface area contributed by atoms with E-state index in [0.717, 1.165) is 44.8 Å². The maximum absolute atomic E-state index is 12.2. The van der Waals surface area contributed by atoms with Crippen LogP contribution >= 0.6 is 0 Å². The minimum atomic E-state index is 0.0722. The fourth-order valence-corrected chi connectivity index (χ4v) is 3.07. The topological polar surface area (TPSA) is 58.8 Å². The van der Waals surface area contributed by atoms with Crippen LogP contribution < -0.4 is 10.5 Å². The predicted octanol–water partition coefficient (Wildman–Crippen LogP) is 0.785. The van der Waals surface area contributed by atoms with Crippen molar-refractivity contribution in [2.45, 2.75) is 18.9 Å². The van der Waals surface area contributed by atoms with Crippen molar-refractivity contribution in [1.29, 1.82) is 0 Å². The van der Waals surface area contributed by atoms with Crippen molar-refractivity contribution >= 4 is 5.91 Å². The van der Waals surface area contributed by atoms with Gasteiger partial charge in [-0.1, -0.05) is 12.1 Å². The Hall–Kier alpha value is -1.59. The molecule has 114 valence electrons. The molecule has 2 aliphatic rings. The lowest BCUT2D eigenvalue weighted by Gasteiger charge is -2.32. The molecular weight excluding hydrogens is 266 g/mol. The van der Waals surface area contributed by atoms with E-state index in [2.05, 4.69) is 18.0 Å². The molecule has 1 aliphatic carbocycles. The number of nitrogens with two attached hydrogens (primary N) is 1. The maximum Gasteiger partial charge on any atom is 0.260 e. The molecule has 21 heavy (non-hydrogen) atoms. The van der Waals surface area contributed by atoms with Crippen molar-refractivity contribution in [3.63, 3.8) is 0 Å². The SMILES string of the molecule is CN1CCN(C(=O)COc2cccc3c2CCC3N)CC1. The number of likely N-dealkylation sites (N-methyl/N-ethyl adjacent to an activating group) is 1. The van der Waals surface area contributed by atoms with Crippen molar-refractivity contribution in [2.24, 2.45) is 5.73 Å². The molecule has 5 nitrogen and oxygen atoms in total. The largest absolute Gasteiger partial charge is 0.483 e. The van der Waals surface area contributed by atoms with Gasteiger partial charge in [-0.2, -0.15) is 0 Å². The molecule has 1 aromatic rings. The maximum atomic E-state index is 12.2. The highest BCUT2D eigenvalue weighted by molar-refractivity contribution is 5.78. The van der Waals surface area contributed by atoms with E-state index in [-0.39, 0.29) is 18.6 Å². The third kappa shape index (κ3) is 3.04. The average molecular weight is 289 g/mol. The second-order valence-electron chi connectivity index (χ2n) is 5.94. The fourth-order valence-electron chi connectivity index (χ4n) is 3.07. The fraction of sp³-hybridized carbons (Fsp3) is 0.562. The van der Waals surface area contributed by atoms with Gasteiger partial charge in [0, 0.05) is 32.2 Å². The first-order chi connectivity index (χ1) is 10.1. The minimum absolute atomic E-state index is 0.0722. The summed E-state index contributed by atoms with van der Waals surface area (Å²) in [5, 5.41) is 0. The number of carbonyl (C=O) groups excluding carboxylic acids is 1. The van der Waals surface area contributed by atoms with Gasteiger partial charge >= 0.3 is 0 Å². The molecule has 1 fully saturated rings. The Morgan fingerprint density at radius 1 is 1.33 bits per heavy atom. The normalized spacial score (nSPS) is 22.2. The van der Waals surface area contributed by atoms with Gasteiger partial charge in [-0.15, -0.1) is 0 Å². The molecule has 0 spiro atoms. The number of ether oxygens (including phenoxy) is 1.